The first-order valence-electron chi connectivity index (χ1n) is 6.89. The fraction of sp³-hybridized carbons (Fsp3) is 0.235. The molecule has 0 bridgehead atoms. The number of nitrogens with zero attached hydrogens (tertiary/aromatic N) is 1. The molecule has 0 spiro atoms. The SMILES string of the molecule is CN(Cc1ccc(Cl)cc1)C(CC(=N)N)c1ccccc1. The van der Waals surface area contributed by atoms with Crippen LogP contribution in [0.2, 0.25) is 5.02 Å². The third-order valence-corrected chi connectivity index (χ3v) is 3.73. The van der Waals surface area contributed by atoms with Crippen LogP contribution in [0, 0.1) is 5.41 Å². The Morgan fingerprint density at radius 3 is 2.33 bits per heavy atom. The van der Waals surface area contributed by atoms with Crippen LogP contribution >= 0.6 is 11.6 Å². The summed E-state index contributed by atoms with van der Waals surface area (Å²) in [6, 6.07) is 18.1. The van der Waals surface area contributed by atoms with Crippen LogP contribution in [0.15, 0.2) is 54.6 Å². The number of nitrogens with one attached hydrogen (secondary N) is 1. The smallest absolute Gasteiger partial charge is 0.0924 e. The van der Waals surface area contributed by atoms with Gasteiger partial charge >= 0.3 is 0 Å². The van der Waals surface area contributed by atoms with E-state index in [1.54, 1.807) is 0 Å². The minimum Gasteiger partial charge on any atom is -0.388 e. The molecule has 2 aromatic rings. The van der Waals surface area contributed by atoms with Crippen LogP contribution < -0.4 is 5.73 Å². The summed E-state index contributed by atoms with van der Waals surface area (Å²) in [5.74, 6) is 0.201. The van der Waals surface area contributed by atoms with Gasteiger partial charge in [0.2, 0.25) is 0 Å². The Hall–Kier alpha value is -1.84. The molecule has 4 heteroatoms. The minimum absolute atomic E-state index is 0.0966. The molecule has 0 aliphatic carbocycles. The highest BCUT2D eigenvalue weighted by Gasteiger charge is 2.18. The van der Waals surface area contributed by atoms with Crippen molar-refractivity contribution < 1.29 is 0 Å². The molecule has 0 aliphatic rings. The summed E-state index contributed by atoms with van der Waals surface area (Å²) in [4.78, 5) is 2.21. The number of benzene rings is 2. The molecule has 0 heterocycles. The van der Waals surface area contributed by atoms with Crippen molar-refractivity contribution in [2.75, 3.05) is 7.05 Å². The molecule has 21 heavy (non-hydrogen) atoms. The summed E-state index contributed by atoms with van der Waals surface area (Å²) in [7, 11) is 2.05. The maximum atomic E-state index is 7.61. The summed E-state index contributed by atoms with van der Waals surface area (Å²) in [6.45, 7) is 0.782. The lowest BCUT2D eigenvalue weighted by Crippen LogP contribution is -2.28. The van der Waals surface area contributed by atoms with E-state index in [2.05, 4.69) is 24.1 Å². The van der Waals surface area contributed by atoms with Gasteiger partial charge in [-0.2, -0.15) is 0 Å². The highest BCUT2D eigenvalue weighted by molar-refractivity contribution is 6.30. The first kappa shape index (κ1) is 15.5. The van der Waals surface area contributed by atoms with Gasteiger partial charge in [0, 0.05) is 24.0 Å². The van der Waals surface area contributed by atoms with Gasteiger partial charge in [0.05, 0.1) is 5.84 Å². The number of rotatable bonds is 6. The van der Waals surface area contributed by atoms with Crippen LogP contribution in [0.3, 0.4) is 0 Å². The monoisotopic (exact) mass is 301 g/mol. The van der Waals surface area contributed by atoms with Gasteiger partial charge < -0.3 is 5.73 Å². The van der Waals surface area contributed by atoms with Crippen molar-refractivity contribution in [2.45, 2.75) is 19.0 Å². The van der Waals surface area contributed by atoms with E-state index in [9.17, 15) is 0 Å². The maximum Gasteiger partial charge on any atom is 0.0924 e. The van der Waals surface area contributed by atoms with Crippen LogP contribution in [0.5, 0.6) is 0 Å². The zero-order valence-electron chi connectivity index (χ0n) is 12.1. The van der Waals surface area contributed by atoms with Crippen LogP contribution in [0.1, 0.15) is 23.6 Å². The molecule has 0 amide bonds. The lowest BCUT2D eigenvalue weighted by atomic mass is 10.0. The van der Waals surface area contributed by atoms with E-state index in [4.69, 9.17) is 22.7 Å². The highest BCUT2D eigenvalue weighted by atomic mass is 35.5. The first-order valence-corrected chi connectivity index (χ1v) is 7.26. The Kier molecular flexibility index (Phi) is 5.37. The molecule has 0 aromatic heterocycles. The largest absolute Gasteiger partial charge is 0.388 e. The minimum atomic E-state index is 0.0966. The van der Waals surface area contributed by atoms with Crippen LogP contribution in [-0.2, 0) is 6.54 Å². The van der Waals surface area contributed by atoms with E-state index in [0.29, 0.717) is 6.42 Å². The second kappa shape index (κ2) is 7.25. The maximum absolute atomic E-state index is 7.61. The van der Waals surface area contributed by atoms with Gasteiger partial charge in [-0.15, -0.1) is 0 Å². The highest BCUT2D eigenvalue weighted by Crippen LogP contribution is 2.24. The van der Waals surface area contributed by atoms with Gasteiger partial charge in [0.15, 0.2) is 0 Å². The van der Waals surface area contributed by atoms with E-state index >= 15 is 0 Å². The summed E-state index contributed by atoms with van der Waals surface area (Å²) < 4.78 is 0. The molecular weight excluding hydrogens is 282 g/mol. The third kappa shape index (κ3) is 4.59. The average Bonchev–Trinajstić information content (AvgIpc) is 2.48. The molecule has 0 saturated heterocycles. The lowest BCUT2D eigenvalue weighted by Gasteiger charge is -2.28. The zero-order chi connectivity index (χ0) is 15.2. The Morgan fingerprint density at radius 2 is 1.76 bits per heavy atom. The third-order valence-electron chi connectivity index (χ3n) is 3.47. The van der Waals surface area contributed by atoms with Crippen LogP contribution in [0.25, 0.3) is 0 Å². The molecular formula is C17H20ClN3. The number of amidine groups is 1. The quantitative estimate of drug-likeness (QED) is 0.629. The standard InChI is InChI=1S/C17H20ClN3/c1-21(12-13-7-9-15(18)10-8-13)16(11-17(19)20)14-5-3-2-4-6-14/h2-10,16H,11-12H2,1H3,(H3,19,20). The molecule has 0 radical (unpaired) electrons. The van der Waals surface area contributed by atoms with E-state index < -0.39 is 0 Å². The van der Waals surface area contributed by atoms with E-state index in [1.807, 2.05) is 42.5 Å². The topological polar surface area (TPSA) is 53.1 Å². The number of nitrogens with two attached hydrogens (primary N) is 1. The number of hydrogen-bond acceptors (Lipinski definition) is 2. The van der Waals surface area contributed by atoms with Crippen molar-refractivity contribution in [3.8, 4) is 0 Å². The Morgan fingerprint density at radius 1 is 1.14 bits per heavy atom. The van der Waals surface area contributed by atoms with Crippen molar-refractivity contribution >= 4 is 17.4 Å². The Balaban J connectivity index is 2.16. The fourth-order valence-electron chi connectivity index (χ4n) is 2.40. The van der Waals surface area contributed by atoms with Crippen molar-refractivity contribution in [3.05, 3.63) is 70.7 Å². The van der Waals surface area contributed by atoms with Gasteiger partial charge in [0.25, 0.3) is 0 Å². The van der Waals surface area contributed by atoms with Gasteiger partial charge in [0.1, 0.15) is 0 Å². The van der Waals surface area contributed by atoms with Crippen LogP contribution in [0.4, 0.5) is 0 Å². The first-order chi connectivity index (χ1) is 10.1. The predicted molar refractivity (Wildman–Crippen MR) is 88.6 cm³/mol. The van der Waals surface area contributed by atoms with Crippen molar-refractivity contribution in [3.63, 3.8) is 0 Å². The summed E-state index contributed by atoms with van der Waals surface area (Å²) >= 11 is 5.92. The number of halogens is 1. The molecule has 3 N–H and O–H groups in total. The summed E-state index contributed by atoms with van der Waals surface area (Å²) in [5.41, 5.74) is 7.98. The lowest BCUT2D eigenvalue weighted by molar-refractivity contribution is 0.241. The molecule has 2 aromatic carbocycles. The van der Waals surface area contributed by atoms with Crippen molar-refractivity contribution in [2.24, 2.45) is 5.73 Å². The Bertz CT molecular complexity index is 581. The van der Waals surface area contributed by atoms with Gasteiger partial charge in [-0.3, -0.25) is 10.3 Å². The second-order valence-corrected chi connectivity index (χ2v) is 5.63. The summed E-state index contributed by atoms with van der Waals surface area (Å²) in [6.07, 6.45) is 0.522. The average molecular weight is 302 g/mol. The molecule has 3 nitrogen and oxygen atoms in total. The van der Waals surface area contributed by atoms with Crippen molar-refractivity contribution in [1.82, 2.24) is 4.90 Å². The van der Waals surface area contributed by atoms with Gasteiger partial charge in [-0.1, -0.05) is 54.1 Å². The predicted octanol–water partition coefficient (Wildman–Crippen LogP) is 3.84. The van der Waals surface area contributed by atoms with E-state index in [-0.39, 0.29) is 11.9 Å². The van der Waals surface area contributed by atoms with Crippen molar-refractivity contribution in [1.29, 1.82) is 5.41 Å². The molecule has 0 fully saturated rings. The normalized spacial score (nSPS) is 12.3. The molecule has 0 aliphatic heterocycles. The number of hydrogen-bond donors (Lipinski definition) is 2. The molecule has 1 atom stereocenters. The molecule has 110 valence electrons. The van der Waals surface area contributed by atoms with Crippen LogP contribution in [-0.4, -0.2) is 17.8 Å². The Labute approximate surface area is 130 Å². The van der Waals surface area contributed by atoms with Gasteiger partial charge in [-0.25, -0.2) is 0 Å². The molecule has 0 saturated carbocycles. The fourth-order valence-corrected chi connectivity index (χ4v) is 2.53. The van der Waals surface area contributed by atoms with Gasteiger partial charge in [-0.05, 0) is 30.3 Å². The zero-order valence-corrected chi connectivity index (χ0v) is 12.8. The van der Waals surface area contributed by atoms with E-state index in [1.165, 1.54) is 11.1 Å². The second-order valence-electron chi connectivity index (χ2n) is 5.20. The summed E-state index contributed by atoms with van der Waals surface area (Å²) in [5, 5.41) is 8.35. The molecule has 2 rings (SSSR count). The van der Waals surface area contributed by atoms with E-state index in [0.717, 1.165) is 11.6 Å². The molecule has 1 unspecified atom stereocenters.